The third-order valence-electron chi connectivity index (χ3n) is 3.35. The molecule has 1 atom stereocenters. The van der Waals surface area contributed by atoms with E-state index in [1.165, 1.54) is 4.90 Å². The highest BCUT2D eigenvalue weighted by atomic mass is 16.2. The van der Waals surface area contributed by atoms with Crippen molar-refractivity contribution in [3.8, 4) is 0 Å². The molecule has 0 aromatic heterocycles. The van der Waals surface area contributed by atoms with Gasteiger partial charge in [0.05, 0.1) is 13.1 Å². The van der Waals surface area contributed by atoms with Gasteiger partial charge < -0.3 is 20.0 Å². The number of hydrogen-bond donors (Lipinski definition) is 1. The lowest BCUT2D eigenvalue weighted by Gasteiger charge is -2.45. The molecule has 0 bridgehead atoms. The minimum absolute atomic E-state index is 0.0438. The Bertz CT molecular complexity index is 384. The normalized spacial score (nSPS) is 24.1. The first kappa shape index (κ1) is 12.7. The van der Waals surface area contributed by atoms with Crippen molar-refractivity contribution in [3.63, 3.8) is 0 Å². The Morgan fingerprint density at radius 1 is 1.39 bits per heavy atom. The number of carbonyl (C=O) groups is 3. The summed E-state index contributed by atoms with van der Waals surface area (Å²) in [4.78, 5) is 40.1. The molecule has 2 heterocycles. The van der Waals surface area contributed by atoms with E-state index in [1.54, 1.807) is 16.8 Å². The van der Waals surface area contributed by atoms with E-state index >= 15 is 0 Å². The minimum Gasteiger partial charge on any atom is -0.338 e. The van der Waals surface area contributed by atoms with Crippen LogP contribution in [0.1, 0.15) is 6.92 Å². The van der Waals surface area contributed by atoms with Crippen LogP contribution in [0.4, 0.5) is 4.79 Å². The first-order valence-corrected chi connectivity index (χ1v) is 6.11. The molecule has 0 aliphatic carbocycles. The van der Waals surface area contributed by atoms with Gasteiger partial charge in [-0.05, 0) is 6.92 Å². The van der Waals surface area contributed by atoms with E-state index in [-0.39, 0.29) is 30.9 Å². The molecule has 0 saturated carbocycles. The van der Waals surface area contributed by atoms with Gasteiger partial charge in [0.2, 0.25) is 11.8 Å². The molecule has 2 aliphatic heterocycles. The van der Waals surface area contributed by atoms with Crippen LogP contribution < -0.4 is 5.32 Å². The van der Waals surface area contributed by atoms with Gasteiger partial charge in [-0.2, -0.15) is 0 Å². The largest absolute Gasteiger partial charge is 0.338 e. The molecule has 4 amide bonds. The van der Waals surface area contributed by atoms with Gasteiger partial charge in [0, 0.05) is 26.7 Å². The van der Waals surface area contributed by atoms with E-state index < -0.39 is 6.04 Å². The number of hydrogen-bond acceptors (Lipinski definition) is 3. The topological polar surface area (TPSA) is 73.0 Å². The van der Waals surface area contributed by atoms with Gasteiger partial charge in [0.1, 0.15) is 6.04 Å². The zero-order valence-electron chi connectivity index (χ0n) is 10.7. The Hall–Kier alpha value is -1.79. The Kier molecular flexibility index (Phi) is 3.40. The molecular weight excluding hydrogens is 236 g/mol. The fourth-order valence-electron chi connectivity index (χ4n) is 2.37. The summed E-state index contributed by atoms with van der Waals surface area (Å²) in [5.74, 6) is -0.138. The minimum atomic E-state index is -0.521. The predicted octanol–water partition coefficient (Wildman–Crippen LogP) is -1.30. The van der Waals surface area contributed by atoms with Crippen molar-refractivity contribution >= 4 is 17.8 Å². The number of nitrogens with zero attached hydrogens (tertiary/aromatic N) is 3. The number of urea groups is 1. The molecule has 0 aromatic carbocycles. The second kappa shape index (κ2) is 4.83. The van der Waals surface area contributed by atoms with Crippen LogP contribution in [-0.2, 0) is 9.59 Å². The molecule has 2 aliphatic rings. The van der Waals surface area contributed by atoms with Crippen molar-refractivity contribution in [1.82, 2.24) is 20.0 Å². The van der Waals surface area contributed by atoms with Gasteiger partial charge in [-0.1, -0.05) is 0 Å². The zero-order chi connectivity index (χ0) is 13.3. The summed E-state index contributed by atoms with van der Waals surface area (Å²) in [5, 5.41) is 2.71. The lowest BCUT2D eigenvalue weighted by molar-refractivity contribution is -0.157. The van der Waals surface area contributed by atoms with E-state index in [0.29, 0.717) is 19.6 Å². The predicted molar refractivity (Wildman–Crippen MR) is 63.8 cm³/mol. The number of piperazine rings is 2. The van der Waals surface area contributed by atoms with Gasteiger partial charge in [0.25, 0.3) is 0 Å². The van der Waals surface area contributed by atoms with Gasteiger partial charge in [-0.3, -0.25) is 9.59 Å². The third-order valence-corrected chi connectivity index (χ3v) is 3.35. The van der Waals surface area contributed by atoms with Crippen LogP contribution in [0.25, 0.3) is 0 Å². The van der Waals surface area contributed by atoms with Crippen LogP contribution in [0.2, 0.25) is 0 Å². The highest BCUT2D eigenvalue weighted by Crippen LogP contribution is 2.17. The number of fused-ring (bicyclic) bond motifs is 1. The highest BCUT2D eigenvalue weighted by molar-refractivity contribution is 5.95. The van der Waals surface area contributed by atoms with Crippen molar-refractivity contribution < 1.29 is 14.4 Å². The zero-order valence-corrected chi connectivity index (χ0v) is 10.7. The van der Waals surface area contributed by atoms with Gasteiger partial charge in [-0.15, -0.1) is 0 Å². The summed E-state index contributed by atoms with van der Waals surface area (Å²) < 4.78 is 0. The summed E-state index contributed by atoms with van der Waals surface area (Å²) in [6.45, 7) is 3.72. The van der Waals surface area contributed by atoms with E-state index in [1.807, 2.05) is 6.92 Å². The summed E-state index contributed by atoms with van der Waals surface area (Å²) >= 11 is 0. The van der Waals surface area contributed by atoms with E-state index in [2.05, 4.69) is 5.32 Å². The summed E-state index contributed by atoms with van der Waals surface area (Å²) in [5.41, 5.74) is 0. The first-order chi connectivity index (χ1) is 8.54. The van der Waals surface area contributed by atoms with Gasteiger partial charge in [0.15, 0.2) is 0 Å². The van der Waals surface area contributed by atoms with Crippen molar-refractivity contribution in [2.75, 3.05) is 39.8 Å². The Morgan fingerprint density at radius 2 is 2.11 bits per heavy atom. The number of amides is 4. The van der Waals surface area contributed by atoms with E-state index in [9.17, 15) is 14.4 Å². The molecule has 18 heavy (non-hydrogen) atoms. The average Bonchev–Trinajstić information content (AvgIpc) is 2.36. The van der Waals surface area contributed by atoms with Gasteiger partial charge in [-0.25, -0.2) is 4.79 Å². The Morgan fingerprint density at radius 3 is 2.78 bits per heavy atom. The maximum atomic E-state index is 12.0. The second-order valence-corrected chi connectivity index (χ2v) is 4.58. The maximum Gasteiger partial charge on any atom is 0.317 e. The van der Waals surface area contributed by atoms with Gasteiger partial charge >= 0.3 is 6.03 Å². The lowest BCUT2D eigenvalue weighted by Crippen LogP contribution is -2.67. The van der Waals surface area contributed by atoms with Crippen LogP contribution in [-0.4, -0.2) is 78.4 Å². The molecule has 1 N–H and O–H groups in total. The summed E-state index contributed by atoms with van der Waals surface area (Å²) in [7, 11) is 1.61. The van der Waals surface area contributed by atoms with Crippen LogP contribution in [0, 0.1) is 0 Å². The second-order valence-electron chi connectivity index (χ2n) is 4.58. The van der Waals surface area contributed by atoms with E-state index in [4.69, 9.17) is 0 Å². The number of rotatable bonds is 1. The summed E-state index contributed by atoms with van der Waals surface area (Å²) in [6.07, 6.45) is 0. The standard InChI is InChI=1S/C11H18N4O3/c1-3-12-11(18)14-4-5-15-8(6-14)10(17)13(2)7-9(15)16/h8H,3-7H2,1-2H3,(H,12,18). The molecule has 0 aromatic rings. The average molecular weight is 254 g/mol. The van der Waals surface area contributed by atoms with Crippen molar-refractivity contribution in [2.45, 2.75) is 13.0 Å². The molecule has 7 heteroatoms. The van der Waals surface area contributed by atoms with Crippen LogP contribution in [0.3, 0.4) is 0 Å². The van der Waals surface area contributed by atoms with Crippen LogP contribution in [0.5, 0.6) is 0 Å². The molecule has 1 unspecified atom stereocenters. The fraction of sp³-hybridized carbons (Fsp3) is 0.727. The molecular formula is C11H18N4O3. The molecule has 0 radical (unpaired) electrons. The van der Waals surface area contributed by atoms with Crippen LogP contribution >= 0.6 is 0 Å². The maximum absolute atomic E-state index is 12.0. The molecule has 100 valence electrons. The monoisotopic (exact) mass is 254 g/mol. The van der Waals surface area contributed by atoms with Crippen molar-refractivity contribution in [1.29, 1.82) is 0 Å². The fourth-order valence-corrected chi connectivity index (χ4v) is 2.37. The number of likely N-dealkylation sites (N-methyl/N-ethyl adjacent to an activating group) is 1. The molecule has 7 nitrogen and oxygen atoms in total. The molecule has 0 spiro atoms. The highest BCUT2D eigenvalue weighted by Gasteiger charge is 2.42. The van der Waals surface area contributed by atoms with Crippen molar-refractivity contribution in [2.24, 2.45) is 0 Å². The SMILES string of the molecule is CCNC(=O)N1CCN2C(=O)CN(C)C(=O)C2C1. The quantitative estimate of drug-likeness (QED) is 0.632. The Labute approximate surface area is 106 Å². The molecule has 2 saturated heterocycles. The smallest absolute Gasteiger partial charge is 0.317 e. The first-order valence-electron chi connectivity index (χ1n) is 6.11. The van der Waals surface area contributed by atoms with Crippen molar-refractivity contribution in [3.05, 3.63) is 0 Å². The number of carbonyl (C=O) groups excluding carboxylic acids is 3. The van der Waals surface area contributed by atoms with Crippen LogP contribution in [0.15, 0.2) is 0 Å². The molecule has 2 rings (SSSR count). The lowest BCUT2D eigenvalue weighted by atomic mass is 10.1. The third kappa shape index (κ3) is 2.12. The molecule has 2 fully saturated rings. The van der Waals surface area contributed by atoms with E-state index in [0.717, 1.165) is 0 Å². The number of nitrogens with one attached hydrogen (secondary N) is 1. The summed E-state index contributed by atoms with van der Waals surface area (Å²) in [6, 6.07) is -0.696. The Balaban J connectivity index is 2.08.